The van der Waals surface area contributed by atoms with E-state index in [1.807, 2.05) is 20.8 Å². The monoisotopic (exact) mass is 223 g/mol. The highest BCUT2D eigenvalue weighted by Gasteiger charge is 2.26. The van der Waals surface area contributed by atoms with Gasteiger partial charge in [0.05, 0.1) is 6.04 Å². The van der Waals surface area contributed by atoms with Gasteiger partial charge in [0.25, 0.3) is 0 Å². The maximum atomic E-state index is 11.6. The second-order valence-electron chi connectivity index (χ2n) is 5.11. The molecule has 16 heavy (non-hydrogen) atoms. The standard InChI is InChI=1S/C11H17N3O2/c1-11(2,3)8-6-9(14-16-8)13-10(15)7-4-5-12-7/h6-7,12H,4-5H2,1-3H3,(H,13,14,15). The fourth-order valence-electron chi connectivity index (χ4n) is 1.41. The molecule has 0 radical (unpaired) electrons. The van der Waals surface area contributed by atoms with E-state index in [2.05, 4.69) is 15.8 Å². The summed E-state index contributed by atoms with van der Waals surface area (Å²) in [4.78, 5) is 11.6. The highest BCUT2D eigenvalue weighted by Crippen LogP contribution is 2.24. The van der Waals surface area contributed by atoms with Crippen LogP contribution in [0.4, 0.5) is 5.82 Å². The van der Waals surface area contributed by atoms with Crippen LogP contribution in [0.1, 0.15) is 33.0 Å². The zero-order valence-electron chi connectivity index (χ0n) is 9.83. The van der Waals surface area contributed by atoms with Gasteiger partial charge in [-0.25, -0.2) is 0 Å². The van der Waals surface area contributed by atoms with Crippen LogP contribution < -0.4 is 10.6 Å². The van der Waals surface area contributed by atoms with Crippen molar-refractivity contribution in [3.05, 3.63) is 11.8 Å². The fraction of sp³-hybridized carbons (Fsp3) is 0.636. The molecule has 88 valence electrons. The molecule has 1 aromatic heterocycles. The maximum absolute atomic E-state index is 11.6. The van der Waals surface area contributed by atoms with Crippen LogP contribution in [-0.4, -0.2) is 23.7 Å². The molecule has 0 aliphatic carbocycles. The largest absolute Gasteiger partial charge is 0.359 e. The average molecular weight is 223 g/mol. The van der Waals surface area contributed by atoms with Crippen LogP contribution in [0.2, 0.25) is 0 Å². The van der Waals surface area contributed by atoms with Gasteiger partial charge in [0, 0.05) is 11.5 Å². The topological polar surface area (TPSA) is 67.2 Å². The van der Waals surface area contributed by atoms with Gasteiger partial charge in [-0.15, -0.1) is 0 Å². The van der Waals surface area contributed by atoms with E-state index in [0.717, 1.165) is 18.7 Å². The lowest BCUT2D eigenvalue weighted by atomic mass is 9.93. The molecule has 0 bridgehead atoms. The van der Waals surface area contributed by atoms with Crippen LogP contribution in [0, 0.1) is 0 Å². The van der Waals surface area contributed by atoms with Crippen molar-refractivity contribution in [1.29, 1.82) is 0 Å². The Morgan fingerprint density at radius 2 is 2.31 bits per heavy atom. The second kappa shape index (κ2) is 3.90. The summed E-state index contributed by atoms with van der Waals surface area (Å²) in [5.74, 6) is 1.22. The van der Waals surface area contributed by atoms with Crippen LogP contribution in [0.5, 0.6) is 0 Å². The minimum atomic E-state index is -0.0926. The summed E-state index contributed by atoms with van der Waals surface area (Å²) in [6.45, 7) is 7.01. The quantitative estimate of drug-likeness (QED) is 0.792. The summed E-state index contributed by atoms with van der Waals surface area (Å²) >= 11 is 0. The number of carbonyl (C=O) groups excluding carboxylic acids is 1. The van der Waals surface area contributed by atoms with Gasteiger partial charge in [0.2, 0.25) is 5.91 Å². The zero-order valence-corrected chi connectivity index (χ0v) is 9.83. The Bertz CT molecular complexity index is 388. The lowest BCUT2D eigenvalue weighted by Crippen LogP contribution is -2.50. The van der Waals surface area contributed by atoms with Gasteiger partial charge >= 0.3 is 0 Å². The van der Waals surface area contributed by atoms with E-state index < -0.39 is 0 Å². The van der Waals surface area contributed by atoms with Crippen molar-refractivity contribution in [2.45, 2.75) is 38.6 Å². The molecule has 1 unspecified atom stereocenters. The first-order valence-corrected chi connectivity index (χ1v) is 5.48. The minimum absolute atomic E-state index is 0.0417. The van der Waals surface area contributed by atoms with E-state index in [1.165, 1.54) is 0 Å². The number of nitrogens with one attached hydrogen (secondary N) is 2. The summed E-state index contributed by atoms with van der Waals surface area (Å²) in [6.07, 6.45) is 0.885. The first-order valence-electron chi connectivity index (χ1n) is 5.48. The molecule has 0 saturated carbocycles. The third-order valence-electron chi connectivity index (χ3n) is 2.64. The summed E-state index contributed by atoms with van der Waals surface area (Å²) in [7, 11) is 0. The molecule has 5 nitrogen and oxygen atoms in total. The normalized spacial score (nSPS) is 20.3. The molecule has 1 saturated heterocycles. The molecule has 1 fully saturated rings. The molecule has 0 aromatic carbocycles. The van der Waals surface area contributed by atoms with Gasteiger partial charge in [-0.1, -0.05) is 25.9 Å². The third kappa shape index (κ3) is 2.24. The molecule has 1 aliphatic rings. The average Bonchev–Trinajstić information content (AvgIpc) is 2.47. The lowest BCUT2D eigenvalue weighted by molar-refractivity contribution is -0.119. The van der Waals surface area contributed by atoms with E-state index in [4.69, 9.17) is 4.52 Å². The van der Waals surface area contributed by atoms with Crippen molar-refractivity contribution in [1.82, 2.24) is 10.5 Å². The molecule has 1 aliphatic heterocycles. The van der Waals surface area contributed by atoms with E-state index in [1.54, 1.807) is 6.07 Å². The van der Waals surface area contributed by atoms with Crippen LogP contribution in [0.3, 0.4) is 0 Å². The first kappa shape index (κ1) is 11.1. The molecule has 5 heteroatoms. The predicted molar refractivity (Wildman–Crippen MR) is 60.2 cm³/mol. The molecular formula is C11H17N3O2. The van der Waals surface area contributed by atoms with Crippen molar-refractivity contribution in [3.63, 3.8) is 0 Å². The van der Waals surface area contributed by atoms with E-state index in [9.17, 15) is 4.79 Å². The molecule has 2 N–H and O–H groups in total. The molecule has 1 amide bonds. The zero-order chi connectivity index (χ0) is 11.8. The van der Waals surface area contributed by atoms with Crippen molar-refractivity contribution in [3.8, 4) is 0 Å². The van der Waals surface area contributed by atoms with Crippen molar-refractivity contribution in [2.75, 3.05) is 11.9 Å². The Balaban J connectivity index is 1.99. The van der Waals surface area contributed by atoms with Crippen LogP contribution >= 0.6 is 0 Å². The molecule has 1 aromatic rings. The predicted octanol–water partition coefficient (Wildman–Crippen LogP) is 1.27. The number of hydrogen-bond donors (Lipinski definition) is 2. The summed E-state index contributed by atoms with van der Waals surface area (Å²) in [5.41, 5.74) is -0.0926. The van der Waals surface area contributed by atoms with E-state index >= 15 is 0 Å². The smallest absolute Gasteiger partial charge is 0.242 e. The molecule has 2 heterocycles. The van der Waals surface area contributed by atoms with Crippen LogP contribution in [0.25, 0.3) is 0 Å². The first-order chi connectivity index (χ1) is 7.47. The van der Waals surface area contributed by atoms with Gasteiger partial charge in [0.1, 0.15) is 5.76 Å². The van der Waals surface area contributed by atoms with Gasteiger partial charge in [-0.3, -0.25) is 4.79 Å². The Labute approximate surface area is 94.6 Å². The Hall–Kier alpha value is -1.36. The Morgan fingerprint density at radius 1 is 1.62 bits per heavy atom. The Kier molecular flexibility index (Phi) is 2.71. The SMILES string of the molecule is CC(C)(C)c1cc(NC(=O)C2CCN2)no1. The number of carbonyl (C=O) groups is 1. The van der Waals surface area contributed by atoms with Crippen molar-refractivity contribution < 1.29 is 9.32 Å². The minimum Gasteiger partial charge on any atom is -0.359 e. The summed E-state index contributed by atoms with van der Waals surface area (Å²) in [5, 5.41) is 9.59. The molecular weight excluding hydrogens is 206 g/mol. The molecule has 0 spiro atoms. The van der Waals surface area contributed by atoms with E-state index in [0.29, 0.717) is 5.82 Å². The van der Waals surface area contributed by atoms with Gasteiger partial charge in [-0.05, 0) is 13.0 Å². The van der Waals surface area contributed by atoms with Gasteiger partial charge in [-0.2, -0.15) is 0 Å². The second-order valence-corrected chi connectivity index (χ2v) is 5.11. The summed E-state index contributed by atoms with van der Waals surface area (Å²) in [6, 6.07) is 1.70. The molecule has 1 atom stereocenters. The highest BCUT2D eigenvalue weighted by atomic mass is 16.5. The summed E-state index contributed by atoms with van der Waals surface area (Å²) < 4.78 is 5.18. The number of aromatic nitrogens is 1. The molecule has 2 rings (SSSR count). The number of rotatable bonds is 2. The van der Waals surface area contributed by atoms with Crippen molar-refractivity contribution >= 4 is 11.7 Å². The number of anilines is 1. The van der Waals surface area contributed by atoms with Gasteiger partial charge in [0.15, 0.2) is 5.82 Å². The number of hydrogen-bond acceptors (Lipinski definition) is 4. The fourth-order valence-corrected chi connectivity index (χ4v) is 1.41. The highest BCUT2D eigenvalue weighted by molar-refractivity contribution is 5.94. The van der Waals surface area contributed by atoms with Gasteiger partial charge < -0.3 is 15.2 Å². The number of nitrogens with zero attached hydrogens (tertiary/aromatic N) is 1. The van der Waals surface area contributed by atoms with Crippen LogP contribution in [0.15, 0.2) is 10.6 Å². The van der Waals surface area contributed by atoms with Crippen LogP contribution in [-0.2, 0) is 10.2 Å². The third-order valence-corrected chi connectivity index (χ3v) is 2.64. The lowest BCUT2D eigenvalue weighted by Gasteiger charge is -2.25. The van der Waals surface area contributed by atoms with E-state index in [-0.39, 0.29) is 17.4 Å². The maximum Gasteiger partial charge on any atom is 0.242 e. The Morgan fingerprint density at radius 3 is 2.75 bits per heavy atom. The van der Waals surface area contributed by atoms with Crippen molar-refractivity contribution in [2.24, 2.45) is 0 Å². The number of amides is 1.